The van der Waals surface area contributed by atoms with Crippen LogP contribution in [0.1, 0.15) is 32.6 Å². The predicted molar refractivity (Wildman–Crippen MR) is 68.5 cm³/mol. The van der Waals surface area contributed by atoms with Crippen molar-refractivity contribution in [2.45, 2.75) is 38.6 Å². The van der Waals surface area contributed by atoms with Gasteiger partial charge in [-0.1, -0.05) is 12.8 Å². The first-order valence-electron chi connectivity index (χ1n) is 5.93. The molecule has 0 aromatic heterocycles. The largest absolute Gasteiger partial charge is 0.396 e. The van der Waals surface area contributed by atoms with E-state index in [0.717, 1.165) is 6.54 Å². The maximum Gasteiger partial charge on any atom is 0.0499 e. The highest BCUT2D eigenvalue weighted by Gasteiger charge is 2.34. The molecule has 3 heteroatoms. The molecular formula is C12H25NOS. The first-order chi connectivity index (χ1) is 7.13. The van der Waals surface area contributed by atoms with Gasteiger partial charge in [0.1, 0.15) is 0 Å². The lowest BCUT2D eigenvalue weighted by Crippen LogP contribution is -2.41. The Balaban J connectivity index is 2.43. The zero-order valence-electron chi connectivity index (χ0n) is 10.3. The van der Waals surface area contributed by atoms with Crippen LogP contribution in [0.15, 0.2) is 0 Å². The van der Waals surface area contributed by atoms with Crippen molar-refractivity contribution < 1.29 is 5.11 Å². The second-order valence-corrected chi connectivity index (χ2v) is 6.00. The van der Waals surface area contributed by atoms with Gasteiger partial charge in [-0.2, -0.15) is 11.8 Å². The van der Waals surface area contributed by atoms with Gasteiger partial charge in [0.15, 0.2) is 0 Å². The van der Waals surface area contributed by atoms with E-state index in [4.69, 9.17) is 0 Å². The van der Waals surface area contributed by atoms with Crippen molar-refractivity contribution in [2.75, 3.05) is 32.2 Å². The predicted octanol–water partition coefficient (Wildman–Crippen LogP) is 2.22. The van der Waals surface area contributed by atoms with Gasteiger partial charge in [0.05, 0.1) is 0 Å². The zero-order valence-corrected chi connectivity index (χ0v) is 11.1. The van der Waals surface area contributed by atoms with Gasteiger partial charge in [-0.25, -0.2) is 0 Å². The molecule has 0 aliphatic heterocycles. The quantitative estimate of drug-likeness (QED) is 0.758. The summed E-state index contributed by atoms with van der Waals surface area (Å²) >= 11 is 1.90. The summed E-state index contributed by atoms with van der Waals surface area (Å²) < 4.78 is 0. The summed E-state index contributed by atoms with van der Waals surface area (Å²) in [7, 11) is 2.19. The van der Waals surface area contributed by atoms with Crippen molar-refractivity contribution >= 4 is 11.8 Å². The third-order valence-electron chi connectivity index (χ3n) is 3.74. The Kier molecular flexibility index (Phi) is 5.44. The fourth-order valence-corrected chi connectivity index (χ4v) is 3.28. The lowest BCUT2D eigenvalue weighted by atomic mass is 9.86. The highest BCUT2D eigenvalue weighted by Crippen LogP contribution is 2.38. The van der Waals surface area contributed by atoms with Crippen molar-refractivity contribution in [3.8, 4) is 0 Å². The van der Waals surface area contributed by atoms with E-state index in [2.05, 4.69) is 25.1 Å². The molecule has 0 saturated heterocycles. The van der Waals surface area contributed by atoms with Crippen molar-refractivity contribution in [1.29, 1.82) is 0 Å². The lowest BCUT2D eigenvalue weighted by Gasteiger charge is -2.34. The molecule has 90 valence electrons. The molecule has 1 aliphatic carbocycles. The van der Waals surface area contributed by atoms with Gasteiger partial charge in [-0.15, -0.1) is 0 Å². The van der Waals surface area contributed by atoms with Gasteiger partial charge in [-0.3, -0.25) is 0 Å². The minimum absolute atomic E-state index is 0.210. The van der Waals surface area contributed by atoms with E-state index in [1.165, 1.54) is 31.4 Å². The van der Waals surface area contributed by atoms with Crippen LogP contribution in [-0.4, -0.2) is 48.3 Å². The van der Waals surface area contributed by atoms with Crippen LogP contribution in [0.25, 0.3) is 0 Å². The van der Waals surface area contributed by atoms with Crippen LogP contribution >= 0.6 is 11.8 Å². The molecule has 1 N–H and O–H groups in total. The maximum absolute atomic E-state index is 9.55. The number of nitrogens with zero attached hydrogens (tertiary/aromatic N) is 1. The van der Waals surface area contributed by atoms with Crippen molar-refractivity contribution in [1.82, 2.24) is 4.90 Å². The molecule has 1 aliphatic rings. The third kappa shape index (κ3) is 3.65. The molecule has 0 amide bonds. The van der Waals surface area contributed by atoms with Crippen LogP contribution in [0.3, 0.4) is 0 Å². The second-order valence-electron chi connectivity index (χ2n) is 5.08. The topological polar surface area (TPSA) is 23.5 Å². The Morgan fingerprint density at radius 2 is 2.00 bits per heavy atom. The second kappa shape index (κ2) is 6.12. The highest BCUT2D eigenvalue weighted by molar-refractivity contribution is 7.98. The fourth-order valence-electron chi connectivity index (χ4n) is 2.54. The van der Waals surface area contributed by atoms with E-state index in [0.29, 0.717) is 12.6 Å². The van der Waals surface area contributed by atoms with Gasteiger partial charge in [-0.05, 0) is 33.1 Å². The molecule has 1 atom stereocenters. The Hall–Kier alpha value is 0.270. The molecule has 0 bridgehead atoms. The van der Waals surface area contributed by atoms with E-state index in [1.54, 1.807) is 0 Å². The Bertz CT molecular complexity index is 180. The SMILES string of the molecule is CSCC(C)N(C)CC1(CO)CCCC1. The highest BCUT2D eigenvalue weighted by atomic mass is 32.2. The minimum atomic E-state index is 0.210. The Labute approximate surface area is 98.4 Å². The smallest absolute Gasteiger partial charge is 0.0499 e. The first-order valence-corrected chi connectivity index (χ1v) is 7.33. The molecule has 1 rings (SSSR count). The molecule has 2 nitrogen and oxygen atoms in total. The molecular weight excluding hydrogens is 206 g/mol. The standard InChI is InChI=1S/C12H25NOS/c1-11(8-15-3)13(2)9-12(10-14)6-4-5-7-12/h11,14H,4-10H2,1-3H3. The summed E-state index contributed by atoms with van der Waals surface area (Å²) in [5.74, 6) is 1.18. The van der Waals surface area contributed by atoms with Gasteiger partial charge in [0, 0.05) is 30.4 Å². The Morgan fingerprint density at radius 1 is 1.40 bits per heavy atom. The Morgan fingerprint density at radius 3 is 2.47 bits per heavy atom. The van der Waals surface area contributed by atoms with Crippen molar-refractivity contribution in [2.24, 2.45) is 5.41 Å². The summed E-state index contributed by atoms with van der Waals surface area (Å²) in [5, 5.41) is 9.55. The number of rotatable bonds is 6. The van der Waals surface area contributed by atoms with E-state index >= 15 is 0 Å². The molecule has 15 heavy (non-hydrogen) atoms. The zero-order chi connectivity index (χ0) is 11.3. The van der Waals surface area contributed by atoms with Crippen molar-refractivity contribution in [3.63, 3.8) is 0 Å². The van der Waals surface area contributed by atoms with Crippen LogP contribution in [0, 0.1) is 5.41 Å². The number of thioether (sulfide) groups is 1. The van der Waals surface area contributed by atoms with Crippen LogP contribution < -0.4 is 0 Å². The summed E-state index contributed by atoms with van der Waals surface area (Å²) in [4.78, 5) is 2.41. The van der Waals surface area contributed by atoms with E-state index in [-0.39, 0.29) is 5.41 Å². The van der Waals surface area contributed by atoms with Gasteiger partial charge in [0.25, 0.3) is 0 Å². The summed E-state index contributed by atoms with van der Waals surface area (Å²) in [5.41, 5.74) is 0.210. The molecule has 1 saturated carbocycles. The van der Waals surface area contributed by atoms with Crippen LogP contribution in [0.4, 0.5) is 0 Å². The molecule has 1 unspecified atom stereocenters. The minimum Gasteiger partial charge on any atom is -0.396 e. The van der Waals surface area contributed by atoms with Crippen molar-refractivity contribution in [3.05, 3.63) is 0 Å². The average Bonchev–Trinajstić information content (AvgIpc) is 2.67. The average molecular weight is 231 g/mol. The number of aliphatic hydroxyl groups is 1. The number of aliphatic hydroxyl groups excluding tert-OH is 1. The number of hydrogen-bond donors (Lipinski definition) is 1. The lowest BCUT2D eigenvalue weighted by molar-refractivity contribution is 0.0785. The van der Waals surface area contributed by atoms with Gasteiger partial charge in [0.2, 0.25) is 0 Å². The summed E-state index contributed by atoms with van der Waals surface area (Å²) in [6.45, 7) is 3.70. The summed E-state index contributed by atoms with van der Waals surface area (Å²) in [6, 6.07) is 0.615. The molecule has 0 radical (unpaired) electrons. The molecule has 1 fully saturated rings. The first kappa shape index (κ1) is 13.3. The van der Waals surface area contributed by atoms with Gasteiger partial charge < -0.3 is 10.0 Å². The molecule has 0 aromatic carbocycles. The van der Waals surface area contributed by atoms with Gasteiger partial charge >= 0.3 is 0 Å². The van der Waals surface area contributed by atoms with E-state index < -0.39 is 0 Å². The van der Waals surface area contributed by atoms with E-state index in [9.17, 15) is 5.11 Å². The van der Waals surface area contributed by atoms with E-state index in [1.807, 2.05) is 11.8 Å². The third-order valence-corrected chi connectivity index (χ3v) is 4.56. The van der Waals surface area contributed by atoms with Crippen LogP contribution in [-0.2, 0) is 0 Å². The maximum atomic E-state index is 9.55. The molecule has 0 heterocycles. The summed E-state index contributed by atoms with van der Waals surface area (Å²) in [6.07, 6.45) is 7.16. The number of hydrogen-bond acceptors (Lipinski definition) is 3. The molecule has 0 aromatic rings. The monoisotopic (exact) mass is 231 g/mol. The fraction of sp³-hybridized carbons (Fsp3) is 1.00. The molecule has 0 spiro atoms. The van der Waals surface area contributed by atoms with Crippen LogP contribution in [0.2, 0.25) is 0 Å². The normalized spacial score (nSPS) is 22.2. The van der Waals surface area contributed by atoms with Crippen LogP contribution in [0.5, 0.6) is 0 Å².